The first-order chi connectivity index (χ1) is 8.58. The Balaban J connectivity index is 2.24. The molecule has 0 bridgehead atoms. The highest BCUT2D eigenvalue weighted by molar-refractivity contribution is 9.11. The summed E-state index contributed by atoms with van der Waals surface area (Å²) in [6.45, 7) is 0. The number of primary amides is 1. The number of hydrogen-bond acceptors (Lipinski definition) is 3. The molecule has 0 aliphatic rings. The third-order valence-corrected chi connectivity index (χ3v) is 3.77. The number of halogens is 1. The van der Waals surface area contributed by atoms with E-state index in [9.17, 15) is 9.59 Å². The Hall–Kier alpha value is -1.66. The molecule has 18 heavy (non-hydrogen) atoms. The Kier molecular flexibility index (Phi) is 3.78. The van der Waals surface area contributed by atoms with Crippen molar-refractivity contribution in [1.29, 1.82) is 0 Å². The number of anilines is 1. The summed E-state index contributed by atoms with van der Waals surface area (Å²) < 4.78 is 0.871. The summed E-state index contributed by atoms with van der Waals surface area (Å²) in [5.41, 5.74) is 6.48. The summed E-state index contributed by atoms with van der Waals surface area (Å²) in [5.74, 6) is -0.844. The Morgan fingerprint density at radius 3 is 2.61 bits per heavy atom. The zero-order valence-electron chi connectivity index (χ0n) is 9.14. The minimum atomic E-state index is -0.572. The molecule has 4 nitrogen and oxygen atoms in total. The predicted molar refractivity (Wildman–Crippen MR) is 74.9 cm³/mol. The van der Waals surface area contributed by atoms with Gasteiger partial charge in [-0.05, 0) is 34.1 Å². The molecule has 2 aromatic rings. The minimum absolute atomic E-state index is 0.273. The Morgan fingerprint density at radius 2 is 2.00 bits per heavy atom. The van der Waals surface area contributed by atoms with Gasteiger partial charge in [0.1, 0.15) is 0 Å². The molecule has 1 aromatic heterocycles. The number of hydrogen-bond donors (Lipinski definition) is 2. The molecule has 1 aromatic carbocycles. The largest absolute Gasteiger partial charge is 0.366 e. The van der Waals surface area contributed by atoms with Crippen LogP contribution in [-0.4, -0.2) is 11.8 Å². The van der Waals surface area contributed by atoms with E-state index >= 15 is 0 Å². The molecule has 1 heterocycles. The SMILES string of the molecule is NC(=O)c1ccccc1NC(=O)c1csc(Br)c1. The van der Waals surface area contributed by atoms with E-state index in [1.165, 1.54) is 11.3 Å². The highest BCUT2D eigenvalue weighted by atomic mass is 79.9. The molecule has 0 aliphatic heterocycles. The first kappa shape index (κ1) is 12.8. The number of nitrogens with two attached hydrogens (primary N) is 1. The van der Waals surface area contributed by atoms with E-state index in [2.05, 4.69) is 21.2 Å². The molecule has 2 amide bonds. The predicted octanol–water partition coefficient (Wildman–Crippen LogP) is 2.86. The van der Waals surface area contributed by atoms with Gasteiger partial charge in [0.2, 0.25) is 0 Å². The van der Waals surface area contributed by atoms with Gasteiger partial charge in [0.05, 0.1) is 20.6 Å². The van der Waals surface area contributed by atoms with Crippen LogP contribution in [-0.2, 0) is 0 Å². The van der Waals surface area contributed by atoms with E-state index in [0.717, 1.165) is 3.79 Å². The fourth-order valence-electron chi connectivity index (χ4n) is 1.43. The number of benzene rings is 1. The van der Waals surface area contributed by atoms with Crippen LogP contribution in [0.5, 0.6) is 0 Å². The fourth-order valence-corrected chi connectivity index (χ4v) is 2.57. The van der Waals surface area contributed by atoms with E-state index in [4.69, 9.17) is 5.73 Å². The van der Waals surface area contributed by atoms with E-state index in [1.807, 2.05) is 0 Å². The molecule has 0 spiro atoms. The van der Waals surface area contributed by atoms with Crippen LogP contribution in [0.4, 0.5) is 5.69 Å². The molecule has 92 valence electrons. The van der Waals surface area contributed by atoms with Crippen LogP contribution < -0.4 is 11.1 Å². The summed E-state index contributed by atoms with van der Waals surface area (Å²) in [5, 5.41) is 4.40. The van der Waals surface area contributed by atoms with Crippen LogP contribution in [0.3, 0.4) is 0 Å². The summed E-state index contributed by atoms with van der Waals surface area (Å²) in [4.78, 5) is 23.1. The van der Waals surface area contributed by atoms with Crippen molar-refractivity contribution in [2.75, 3.05) is 5.32 Å². The maximum absolute atomic E-state index is 11.9. The number of carbonyl (C=O) groups excluding carboxylic acids is 2. The van der Waals surface area contributed by atoms with Crippen molar-refractivity contribution >= 4 is 44.8 Å². The molecular weight excluding hydrogens is 316 g/mol. The summed E-state index contributed by atoms with van der Waals surface area (Å²) in [7, 11) is 0. The first-order valence-electron chi connectivity index (χ1n) is 5.02. The fraction of sp³-hybridized carbons (Fsp3) is 0. The summed E-state index contributed by atoms with van der Waals surface area (Å²) in [6, 6.07) is 8.34. The Bertz CT molecular complexity index is 610. The van der Waals surface area contributed by atoms with Gasteiger partial charge in [0.15, 0.2) is 0 Å². The van der Waals surface area contributed by atoms with E-state index < -0.39 is 5.91 Å². The molecular formula is C12H9BrN2O2S. The van der Waals surface area contributed by atoms with Crippen LogP contribution >= 0.6 is 27.3 Å². The van der Waals surface area contributed by atoms with E-state index in [1.54, 1.807) is 35.7 Å². The number of amides is 2. The summed E-state index contributed by atoms with van der Waals surface area (Å²) >= 11 is 4.71. The maximum atomic E-state index is 11.9. The highest BCUT2D eigenvalue weighted by Gasteiger charge is 2.12. The van der Waals surface area contributed by atoms with Gasteiger partial charge >= 0.3 is 0 Å². The third-order valence-electron chi connectivity index (χ3n) is 2.27. The lowest BCUT2D eigenvalue weighted by molar-refractivity contribution is 0.100. The van der Waals surface area contributed by atoms with Crippen LogP contribution in [0.2, 0.25) is 0 Å². The highest BCUT2D eigenvalue weighted by Crippen LogP contribution is 2.22. The van der Waals surface area contributed by atoms with Crippen LogP contribution in [0.25, 0.3) is 0 Å². The standard InChI is InChI=1S/C12H9BrN2O2S/c13-10-5-7(6-18-10)12(17)15-9-4-2-1-3-8(9)11(14)16/h1-6H,(H2,14,16)(H,15,17). The molecule has 6 heteroatoms. The third kappa shape index (κ3) is 2.77. The average molecular weight is 325 g/mol. The van der Waals surface area contributed by atoms with Crippen LogP contribution in [0, 0.1) is 0 Å². The Labute approximate surface area is 116 Å². The second-order valence-corrected chi connectivity index (χ2v) is 5.79. The smallest absolute Gasteiger partial charge is 0.256 e. The number of para-hydroxylation sites is 1. The molecule has 0 unspecified atom stereocenters. The number of rotatable bonds is 3. The minimum Gasteiger partial charge on any atom is -0.366 e. The molecule has 0 saturated carbocycles. The quantitative estimate of drug-likeness (QED) is 0.911. The number of nitrogens with one attached hydrogen (secondary N) is 1. The lowest BCUT2D eigenvalue weighted by atomic mass is 10.1. The van der Waals surface area contributed by atoms with Crippen molar-refractivity contribution in [3.8, 4) is 0 Å². The molecule has 0 saturated heterocycles. The number of carbonyl (C=O) groups is 2. The molecule has 3 N–H and O–H groups in total. The van der Waals surface area contributed by atoms with Gasteiger partial charge in [0, 0.05) is 5.38 Å². The van der Waals surface area contributed by atoms with Gasteiger partial charge in [0.25, 0.3) is 11.8 Å². The second-order valence-electron chi connectivity index (χ2n) is 3.50. The lowest BCUT2D eigenvalue weighted by Crippen LogP contribution is -2.17. The van der Waals surface area contributed by atoms with Crippen LogP contribution in [0.1, 0.15) is 20.7 Å². The van der Waals surface area contributed by atoms with E-state index in [-0.39, 0.29) is 5.91 Å². The van der Waals surface area contributed by atoms with E-state index in [0.29, 0.717) is 16.8 Å². The molecule has 0 radical (unpaired) electrons. The molecule has 0 atom stereocenters. The van der Waals surface area contributed by atoms with Crippen molar-refractivity contribution in [2.24, 2.45) is 5.73 Å². The second kappa shape index (κ2) is 5.32. The lowest BCUT2D eigenvalue weighted by Gasteiger charge is -2.07. The number of thiophene rings is 1. The first-order valence-corrected chi connectivity index (χ1v) is 6.69. The topological polar surface area (TPSA) is 72.2 Å². The van der Waals surface area contributed by atoms with Gasteiger partial charge < -0.3 is 11.1 Å². The molecule has 0 fully saturated rings. The van der Waals surface area contributed by atoms with Crippen molar-refractivity contribution in [3.63, 3.8) is 0 Å². The van der Waals surface area contributed by atoms with Crippen LogP contribution in [0.15, 0.2) is 39.5 Å². The monoisotopic (exact) mass is 324 g/mol. The normalized spacial score (nSPS) is 10.1. The van der Waals surface area contributed by atoms with Gasteiger partial charge in [-0.1, -0.05) is 12.1 Å². The zero-order valence-corrected chi connectivity index (χ0v) is 11.5. The van der Waals surface area contributed by atoms with Gasteiger partial charge in [-0.15, -0.1) is 11.3 Å². The van der Waals surface area contributed by atoms with Crippen molar-refractivity contribution in [1.82, 2.24) is 0 Å². The summed E-state index contributed by atoms with van der Waals surface area (Å²) in [6.07, 6.45) is 0. The maximum Gasteiger partial charge on any atom is 0.256 e. The zero-order chi connectivity index (χ0) is 13.1. The van der Waals surface area contributed by atoms with Crippen molar-refractivity contribution < 1.29 is 9.59 Å². The molecule has 2 rings (SSSR count). The average Bonchev–Trinajstić information content (AvgIpc) is 2.76. The van der Waals surface area contributed by atoms with Crippen molar-refractivity contribution in [3.05, 3.63) is 50.6 Å². The van der Waals surface area contributed by atoms with Gasteiger partial charge in [-0.3, -0.25) is 9.59 Å². The van der Waals surface area contributed by atoms with Gasteiger partial charge in [-0.2, -0.15) is 0 Å². The Morgan fingerprint density at radius 1 is 1.28 bits per heavy atom. The van der Waals surface area contributed by atoms with Crippen molar-refractivity contribution in [2.45, 2.75) is 0 Å². The van der Waals surface area contributed by atoms with Gasteiger partial charge in [-0.25, -0.2) is 0 Å². The molecule has 0 aliphatic carbocycles.